The van der Waals surface area contributed by atoms with Crippen molar-refractivity contribution in [1.29, 1.82) is 0 Å². The van der Waals surface area contributed by atoms with Crippen LogP contribution in [0.3, 0.4) is 0 Å². The number of carbonyl (C=O) groups excluding carboxylic acids is 2. The number of halogens is 3. The van der Waals surface area contributed by atoms with E-state index >= 15 is 0 Å². The average Bonchev–Trinajstić information content (AvgIpc) is 2.25. The van der Waals surface area contributed by atoms with E-state index in [9.17, 15) is 22.8 Å². The molecule has 7 heteroatoms. The first-order chi connectivity index (χ1) is 7.85. The van der Waals surface area contributed by atoms with E-state index < -0.39 is 30.5 Å². The summed E-state index contributed by atoms with van der Waals surface area (Å²) in [6.07, 6.45) is -4.40. The topological polar surface area (TPSA) is 46.6 Å². The van der Waals surface area contributed by atoms with Crippen LogP contribution in [0.1, 0.15) is 25.7 Å². The van der Waals surface area contributed by atoms with Crippen LogP contribution in [-0.2, 0) is 14.3 Å². The lowest BCUT2D eigenvalue weighted by Gasteiger charge is -2.33. The number of esters is 1. The number of amides is 1. The molecule has 0 aromatic heterocycles. The lowest BCUT2D eigenvalue weighted by atomic mass is 10.0. The highest BCUT2D eigenvalue weighted by Gasteiger charge is 2.38. The molecule has 1 atom stereocenters. The fourth-order valence-corrected chi connectivity index (χ4v) is 1.88. The molecule has 0 bridgehead atoms. The van der Waals surface area contributed by atoms with Gasteiger partial charge in [-0.15, -0.1) is 0 Å². The van der Waals surface area contributed by atoms with Gasteiger partial charge in [0.1, 0.15) is 12.5 Å². The Kier molecular flexibility index (Phi) is 4.36. The summed E-state index contributed by atoms with van der Waals surface area (Å²) < 4.78 is 40.8. The number of methoxy groups -OCH3 is 1. The summed E-state index contributed by atoms with van der Waals surface area (Å²) in [5, 5.41) is 0. The molecule has 1 amide bonds. The van der Waals surface area contributed by atoms with E-state index in [0.29, 0.717) is 19.3 Å². The maximum absolute atomic E-state index is 12.1. The van der Waals surface area contributed by atoms with Crippen LogP contribution in [0.4, 0.5) is 13.2 Å². The largest absolute Gasteiger partial charge is 0.467 e. The lowest BCUT2D eigenvalue weighted by Crippen LogP contribution is -2.49. The van der Waals surface area contributed by atoms with Gasteiger partial charge in [-0.3, -0.25) is 4.79 Å². The van der Waals surface area contributed by atoms with E-state index in [0.717, 1.165) is 12.0 Å². The van der Waals surface area contributed by atoms with Crippen molar-refractivity contribution in [3.05, 3.63) is 0 Å². The quantitative estimate of drug-likeness (QED) is 0.700. The Morgan fingerprint density at radius 2 is 2.00 bits per heavy atom. The van der Waals surface area contributed by atoms with Gasteiger partial charge in [0.25, 0.3) is 0 Å². The molecular weight excluding hydrogens is 239 g/mol. The predicted molar refractivity (Wildman–Crippen MR) is 52.0 cm³/mol. The number of alkyl halides is 3. The summed E-state index contributed by atoms with van der Waals surface area (Å²) in [5.41, 5.74) is 0. The normalized spacial score (nSPS) is 21.2. The molecular formula is C10H14F3NO3. The third-order valence-electron chi connectivity index (χ3n) is 2.65. The van der Waals surface area contributed by atoms with E-state index in [-0.39, 0.29) is 6.54 Å². The molecule has 0 spiro atoms. The van der Waals surface area contributed by atoms with Crippen LogP contribution >= 0.6 is 0 Å². The molecule has 1 unspecified atom stereocenters. The van der Waals surface area contributed by atoms with Gasteiger partial charge in [0.2, 0.25) is 5.91 Å². The Morgan fingerprint density at radius 1 is 1.35 bits per heavy atom. The first-order valence-electron chi connectivity index (χ1n) is 5.29. The third-order valence-corrected chi connectivity index (χ3v) is 2.65. The predicted octanol–water partition coefficient (Wildman–Crippen LogP) is 1.49. The Balaban J connectivity index is 2.71. The number of rotatable bonds is 2. The number of hydrogen-bond acceptors (Lipinski definition) is 3. The van der Waals surface area contributed by atoms with Gasteiger partial charge in [-0.1, -0.05) is 0 Å². The zero-order valence-electron chi connectivity index (χ0n) is 9.42. The van der Waals surface area contributed by atoms with Crippen LogP contribution in [0.25, 0.3) is 0 Å². The van der Waals surface area contributed by atoms with Crippen molar-refractivity contribution in [2.45, 2.75) is 37.9 Å². The number of ether oxygens (including phenoxy) is 1. The second-order valence-corrected chi connectivity index (χ2v) is 3.91. The van der Waals surface area contributed by atoms with Gasteiger partial charge in [0, 0.05) is 6.54 Å². The van der Waals surface area contributed by atoms with Gasteiger partial charge < -0.3 is 9.64 Å². The maximum Gasteiger partial charge on any atom is 0.397 e. The van der Waals surface area contributed by atoms with E-state index in [2.05, 4.69) is 4.74 Å². The molecule has 0 aromatic rings. The van der Waals surface area contributed by atoms with Crippen LogP contribution in [0, 0.1) is 0 Å². The molecule has 1 aliphatic heterocycles. The van der Waals surface area contributed by atoms with Crippen molar-refractivity contribution in [1.82, 2.24) is 4.90 Å². The first kappa shape index (κ1) is 13.8. The van der Waals surface area contributed by atoms with Gasteiger partial charge in [0.05, 0.1) is 7.11 Å². The molecule has 1 fully saturated rings. The maximum atomic E-state index is 12.1. The van der Waals surface area contributed by atoms with Gasteiger partial charge in [-0.2, -0.15) is 13.2 Å². The molecule has 0 N–H and O–H groups in total. The number of carbonyl (C=O) groups is 2. The Morgan fingerprint density at radius 3 is 2.53 bits per heavy atom. The van der Waals surface area contributed by atoms with Gasteiger partial charge in [-0.05, 0) is 19.3 Å². The zero-order chi connectivity index (χ0) is 13.1. The van der Waals surface area contributed by atoms with E-state index in [1.165, 1.54) is 0 Å². The molecule has 0 aliphatic carbocycles. The Hall–Kier alpha value is -1.27. The fraction of sp³-hybridized carbons (Fsp3) is 0.800. The molecule has 4 nitrogen and oxygen atoms in total. The lowest BCUT2D eigenvalue weighted by molar-refractivity contribution is -0.169. The number of hydrogen-bond donors (Lipinski definition) is 0. The van der Waals surface area contributed by atoms with Crippen LogP contribution in [0.15, 0.2) is 0 Å². The molecule has 98 valence electrons. The Bertz CT molecular complexity index is 304. The molecule has 1 heterocycles. The molecule has 1 rings (SSSR count). The summed E-state index contributed by atoms with van der Waals surface area (Å²) in [4.78, 5) is 23.8. The van der Waals surface area contributed by atoms with Crippen molar-refractivity contribution in [2.24, 2.45) is 0 Å². The molecule has 17 heavy (non-hydrogen) atoms. The average molecular weight is 253 g/mol. The third kappa shape index (κ3) is 3.90. The SMILES string of the molecule is COC(=O)C1CCCCN1C(=O)CC(F)(F)F. The first-order valence-corrected chi connectivity index (χ1v) is 5.29. The van der Waals surface area contributed by atoms with Crippen molar-refractivity contribution in [3.63, 3.8) is 0 Å². The van der Waals surface area contributed by atoms with E-state index in [1.807, 2.05) is 0 Å². The second-order valence-electron chi connectivity index (χ2n) is 3.91. The monoisotopic (exact) mass is 253 g/mol. The number of nitrogens with zero attached hydrogens (tertiary/aromatic N) is 1. The van der Waals surface area contributed by atoms with Crippen molar-refractivity contribution >= 4 is 11.9 Å². The molecule has 1 aliphatic rings. The van der Waals surface area contributed by atoms with Crippen LogP contribution in [0.2, 0.25) is 0 Å². The number of piperidine rings is 1. The molecule has 0 radical (unpaired) electrons. The highest BCUT2D eigenvalue weighted by atomic mass is 19.4. The number of likely N-dealkylation sites (tertiary alicyclic amines) is 1. The summed E-state index contributed by atoms with van der Waals surface area (Å²) in [7, 11) is 1.16. The summed E-state index contributed by atoms with van der Waals surface area (Å²) >= 11 is 0. The van der Waals surface area contributed by atoms with E-state index in [4.69, 9.17) is 0 Å². The fourth-order valence-electron chi connectivity index (χ4n) is 1.88. The van der Waals surface area contributed by atoms with E-state index in [1.54, 1.807) is 0 Å². The van der Waals surface area contributed by atoms with Gasteiger partial charge in [-0.25, -0.2) is 4.79 Å². The minimum absolute atomic E-state index is 0.175. The van der Waals surface area contributed by atoms with Crippen LogP contribution in [0.5, 0.6) is 0 Å². The minimum Gasteiger partial charge on any atom is -0.467 e. The zero-order valence-corrected chi connectivity index (χ0v) is 9.42. The standard InChI is InChI=1S/C10H14F3NO3/c1-17-9(16)7-4-2-3-5-14(7)8(15)6-10(11,12)13/h7H,2-6H2,1H3. The second kappa shape index (κ2) is 5.37. The van der Waals surface area contributed by atoms with Gasteiger partial charge >= 0.3 is 12.1 Å². The van der Waals surface area contributed by atoms with Crippen molar-refractivity contribution in [3.8, 4) is 0 Å². The van der Waals surface area contributed by atoms with Crippen molar-refractivity contribution in [2.75, 3.05) is 13.7 Å². The summed E-state index contributed by atoms with van der Waals surface area (Å²) in [6.45, 7) is 0.175. The summed E-state index contributed by atoms with van der Waals surface area (Å²) in [6, 6.07) is -0.872. The van der Waals surface area contributed by atoms with Crippen molar-refractivity contribution < 1.29 is 27.5 Å². The molecule has 0 aromatic carbocycles. The summed E-state index contributed by atoms with van der Waals surface area (Å²) in [5.74, 6) is -1.71. The molecule has 1 saturated heterocycles. The minimum atomic E-state index is -4.55. The highest BCUT2D eigenvalue weighted by Crippen LogP contribution is 2.25. The van der Waals surface area contributed by atoms with Gasteiger partial charge in [0.15, 0.2) is 0 Å². The van der Waals surface area contributed by atoms with Crippen LogP contribution < -0.4 is 0 Å². The smallest absolute Gasteiger partial charge is 0.397 e. The highest BCUT2D eigenvalue weighted by molar-refractivity contribution is 5.85. The Labute approximate surface area is 96.7 Å². The molecule has 0 saturated carbocycles. The van der Waals surface area contributed by atoms with Crippen LogP contribution in [-0.4, -0.2) is 42.6 Å².